The Bertz CT molecular complexity index is 2590. The molecule has 0 heterocycles. The molecular formula is C55H47NO. The van der Waals surface area contributed by atoms with Crippen LogP contribution in [-0.2, 0) is 0 Å². The van der Waals surface area contributed by atoms with Crippen LogP contribution in [0.25, 0.3) is 34.1 Å². The van der Waals surface area contributed by atoms with Crippen LogP contribution < -0.4 is 9.64 Å². The third kappa shape index (κ3) is 8.22. The van der Waals surface area contributed by atoms with E-state index >= 15 is 0 Å². The number of methoxy groups -OCH3 is 1. The summed E-state index contributed by atoms with van der Waals surface area (Å²) in [6, 6.07) is 65.8. The van der Waals surface area contributed by atoms with E-state index in [-0.39, 0.29) is 0 Å². The smallest absolute Gasteiger partial charge is 0.119 e. The highest BCUT2D eigenvalue weighted by Gasteiger charge is 2.18. The first-order valence-corrected chi connectivity index (χ1v) is 19.6. The van der Waals surface area contributed by atoms with Gasteiger partial charge in [0.25, 0.3) is 0 Å². The lowest BCUT2D eigenvalue weighted by Gasteiger charge is -2.27. The summed E-state index contributed by atoms with van der Waals surface area (Å²) in [6.07, 6.45) is 4.65. The summed E-state index contributed by atoms with van der Waals surface area (Å²) < 4.78 is 5.58. The van der Waals surface area contributed by atoms with Gasteiger partial charge in [-0.1, -0.05) is 162 Å². The van der Waals surface area contributed by atoms with Gasteiger partial charge in [-0.3, -0.25) is 0 Å². The van der Waals surface area contributed by atoms with Crippen LogP contribution in [0.2, 0.25) is 0 Å². The van der Waals surface area contributed by atoms with Gasteiger partial charge < -0.3 is 9.64 Å². The number of fused-ring (bicyclic) bond motifs is 1. The number of ether oxygens (including phenoxy) is 1. The summed E-state index contributed by atoms with van der Waals surface area (Å²) in [5.74, 6) is 0.823. The lowest BCUT2D eigenvalue weighted by Crippen LogP contribution is -2.10. The van der Waals surface area contributed by atoms with E-state index in [1.165, 1.54) is 72.0 Å². The number of anilines is 3. The maximum atomic E-state index is 5.58. The van der Waals surface area contributed by atoms with E-state index in [4.69, 9.17) is 4.74 Å². The van der Waals surface area contributed by atoms with E-state index in [1.807, 2.05) is 12.1 Å². The molecule has 57 heavy (non-hydrogen) atoms. The minimum atomic E-state index is 0.823. The molecule has 278 valence electrons. The molecule has 0 bridgehead atoms. The summed E-state index contributed by atoms with van der Waals surface area (Å²) in [5.41, 5.74) is 17.7. The summed E-state index contributed by atoms with van der Waals surface area (Å²) in [6.45, 7) is 8.54. The molecule has 2 heteroatoms. The fraction of sp³-hybridized carbons (Fsp3) is 0.0909. The number of rotatable bonds is 10. The largest absolute Gasteiger partial charge is 0.497 e. The van der Waals surface area contributed by atoms with Crippen molar-refractivity contribution in [3.8, 4) is 5.75 Å². The van der Waals surface area contributed by atoms with Gasteiger partial charge in [-0.2, -0.15) is 0 Å². The molecule has 0 atom stereocenters. The molecule has 8 aromatic carbocycles. The molecule has 2 nitrogen and oxygen atoms in total. The van der Waals surface area contributed by atoms with E-state index in [0.717, 1.165) is 28.4 Å². The summed E-state index contributed by atoms with van der Waals surface area (Å²) >= 11 is 0. The molecule has 0 saturated carbocycles. The van der Waals surface area contributed by atoms with Crippen LogP contribution >= 0.6 is 0 Å². The molecule has 8 aromatic rings. The second kappa shape index (κ2) is 16.5. The SMILES string of the molecule is COc1ccc(N(c2ccc(C=C(c3ccc(C)cc3)c3ccc(C)cc3)cc2)c2ccc(C=C(c3ccc(C)cc3)c3ccc(C)cc3)c3ccccc23)cc1. The maximum absolute atomic E-state index is 5.58. The van der Waals surface area contributed by atoms with Crippen LogP contribution in [-0.4, -0.2) is 7.11 Å². The van der Waals surface area contributed by atoms with Crippen LogP contribution in [0.15, 0.2) is 182 Å². The topological polar surface area (TPSA) is 12.5 Å². The Morgan fingerprint density at radius 1 is 0.404 bits per heavy atom. The third-order valence-corrected chi connectivity index (χ3v) is 10.7. The van der Waals surface area contributed by atoms with Crippen molar-refractivity contribution in [3.63, 3.8) is 0 Å². The molecule has 0 unspecified atom stereocenters. The van der Waals surface area contributed by atoms with Crippen molar-refractivity contribution in [1.29, 1.82) is 0 Å². The maximum Gasteiger partial charge on any atom is 0.119 e. The van der Waals surface area contributed by atoms with Crippen molar-refractivity contribution in [3.05, 3.63) is 238 Å². The van der Waals surface area contributed by atoms with Gasteiger partial charge in [0.15, 0.2) is 0 Å². The molecule has 0 aliphatic rings. The minimum Gasteiger partial charge on any atom is -0.497 e. The van der Waals surface area contributed by atoms with Crippen molar-refractivity contribution in [2.45, 2.75) is 27.7 Å². The summed E-state index contributed by atoms with van der Waals surface area (Å²) in [5, 5.41) is 2.35. The lowest BCUT2D eigenvalue weighted by atomic mass is 9.92. The average Bonchev–Trinajstić information content (AvgIpc) is 3.25. The zero-order valence-electron chi connectivity index (χ0n) is 33.3. The van der Waals surface area contributed by atoms with Crippen LogP contribution in [0, 0.1) is 27.7 Å². The Balaban J connectivity index is 1.25. The number of benzene rings is 8. The molecule has 0 aliphatic carbocycles. The van der Waals surface area contributed by atoms with E-state index in [2.05, 4.69) is 215 Å². The Morgan fingerprint density at radius 2 is 0.807 bits per heavy atom. The zero-order valence-corrected chi connectivity index (χ0v) is 33.3. The van der Waals surface area contributed by atoms with E-state index in [0.29, 0.717) is 0 Å². The molecule has 0 radical (unpaired) electrons. The quantitative estimate of drug-likeness (QED) is 0.130. The number of nitrogens with zero attached hydrogens (tertiary/aromatic N) is 1. The Hall–Kier alpha value is -6.90. The molecule has 0 fully saturated rings. The van der Waals surface area contributed by atoms with Crippen LogP contribution in [0.4, 0.5) is 17.1 Å². The zero-order chi connectivity index (χ0) is 39.3. The van der Waals surface area contributed by atoms with E-state index < -0.39 is 0 Å². The van der Waals surface area contributed by atoms with Crippen LogP contribution in [0.3, 0.4) is 0 Å². The van der Waals surface area contributed by atoms with Gasteiger partial charge in [0, 0.05) is 16.8 Å². The van der Waals surface area contributed by atoms with Gasteiger partial charge in [-0.25, -0.2) is 0 Å². The minimum absolute atomic E-state index is 0.823. The predicted octanol–water partition coefficient (Wildman–Crippen LogP) is 14.7. The van der Waals surface area contributed by atoms with Crippen molar-refractivity contribution in [2.75, 3.05) is 12.0 Å². The van der Waals surface area contributed by atoms with Crippen LogP contribution in [0.1, 0.15) is 55.6 Å². The molecule has 0 aliphatic heterocycles. The van der Waals surface area contributed by atoms with Crippen molar-refractivity contribution in [2.24, 2.45) is 0 Å². The van der Waals surface area contributed by atoms with Gasteiger partial charge in [0.05, 0.1) is 12.8 Å². The number of hydrogen-bond acceptors (Lipinski definition) is 2. The first-order valence-electron chi connectivity index (χ1n) is 19.6. The standard InChI is InChI=1S/C55H47NO/c1-38-10-20-43(21-11-38)53(44-22-12-39(2)13-23-44)36-42-18-29-48(30-19-42)56(49-31-33-50(57-5)34-32-49)55-35-28-47(51-8-6-7-9-52(51)55)37-54(45-24-14-40(3)15-25-45)46-26-16-41(4)17-27-46/h6-37H,1-5H3. The molecular weight excluding hydrogens is 691 g/mol. The van der Waals surface area contributed by atoms with Gasteiger partial charge in [-0.05, 0) is 132 Å². The fourth-order valence-electron chi connectivity index (χ4n) is 7.43. The summed E-state index contributed by atoms with van der Waals surface area (Å²) in [4.78, 5) is 2.35. The van der Waals surface area contributed by atoms with Crippen molar-refractivity contribution >= 4 is 51.1 Å². The molecule has 0 aromatic heterocycles. The monoisotopic (exact) mass is 737 g/mol. The van der Waals surface area contributed by atoms with Gasteiger partial charge in [0.1, 0.15) is 5.75 Å². The Kier molecular flexibility index (Phi) is 10.7. The predicted molar refractivity (Wildman–Crippen MR) is 244 cm³/mol. The Morgan fingerprint density at radius 3 is 1.25 bits per heavy atom. The van der Waals surface area contributed by atoms with Crippen LogP contribution in [0.5, 0.6) is 5.75 Å². The highest BCUT2D eigenvalue weighted by atomic mass is 16.5. The molecule has 0 N–H and O–H groups in total. The molecule has 0 amide bonds. The molecule has 0 spiro atoms. The van der Waals surface area contributed by atoms with E-state index in [1.54, 1.807) is 7.11 Å². The highest BCUT2D eigenvalue weighted by Crippen LogP contribution is 2.42. The second-order valence-electron chi connectivity index (χ2n) is 14.9. The first kappa shape index (κ1) is 37.0. The molecule has 8 rings (SSSR count). The van der Waals surface area contributed by atoms with Gasteiger partial charge >= 0.3 is 0 Å². The third-order valence-electron chi connectivity index (χ3n) is 10.7. The van der Waals surface area contributed by atoms with Crippen molar-refractivity contribution < 1.29 is 4.74 Å². The number of hydrogen-bond donors (Lipinski definition) is 0. The second-order valence-corrected chi connectivity index (χ2v) is 14.9. The average molecular weight is 738 g/mol. The first-order chi connectivity index (χ1) is 27.8. The van der Waals surface area contributed by atoms with Crippen molar-refractivity contribution in [1.82, 2.24) is 0 Å². The fourth-order valence-corrected chi connectivity index (χ4v) is 7.43. The Labute approximate surface area is 337 Å². The highest BCUT2D eigenvalue weighted by molar-refractivity contribution is 6.06. The lowest BCUT2D eigenvalue weighted by molar-refractivity contribution is 0.415. The summed E-state index contributed by atoms with van der Waals surface area (Å²) in [7, 11) is 1.71. The number of aryl methyl sites for hydroxylation is 4. The van der Waals surface area contributed by atoms with E-state index in [9.17, 15) is 0 Å². The normalized spacial score (nSPS) is 10.9. The van der Waals surface area contributed by atoms with Gasteiger partial charge in [-0.15, -0.1) is 0 Å². The molecule has 0 saturated heterocycles. The van der Waals surface area contributed by atoms with Gasteiger partial charge in [0.2, 0.25) is 0 Å².